The van der Waals surface area contributed by atoms with Crippen LogP contribution in [-0.2, 0) is 4.79 Å². The second kappa shape index (κ2) is 8.23. The number of aliphatic imine (C=N–C) groups is 1. The summed E-state index contributed by atoms with van der Waals surface area (Å²) >= 11 is 13.1. The Kier molecular flexibility index (Phi) is 5.70. The zero-order valence-electron chi connectivity index (χ0n) is 14.6. The largest absolute Gasteiger partial charge is 0.293 e. The fourth-order valence-corrected chi connectivity index (χ4v) is 4.30. The maximum Gasteiger partial charge on any atom is 0.241 e. The van der Waals surface area contributed by atoms with E-state index < -0.39 is 0 Å². The second-order valence-corrected chi connectivity index (χ2v) is 8.10. The molecule has 0 bridgehead atoms. The summed E-state index contributed by atoms with van der Waals surface area (Å²) in [5.74, 6) is -0.326. The minimum Gasteiger partial charge on any atom is -0.293 e. The van der Waals surface area contributed by atoms with Crippen molar-refractivity contribution in [3.05, 3.63) is 64.1 Å². The predicted molar refractivity (Wildman–Crippen MR) is 113 cm³/mol. The third kappa shape index (κ3) is 3.81. The second-order valence-electron chi connectivity index (χ2n) is 6.34. The van der Waals surface area contributed by atoms with Gasteiger partial charge < -0.3 is 0 Å². The molecule has 9 heteroatoms. The molecule has 2 heterocycles. The first-order valence-corrected chi connectivity index (χ1v) is 10.3. The number of anilines is 1. The molecule has 0 aromatic heterocycles. The first-order valence-electron chi connectivity index (χ1n) is 8.61. The SMILES string of the molecule is O=C(CSC1=NC2NNCC2C(=O)N1c1ccccc1)c1ccc(Cl)c(Cl)c1. The Bertz CT molecular complexity index is 954. The molecule has 2 aromatic rings. The fourth-order valence-electron chi connectivity index (χ4n) is 3.07. The summed E-state index contributed by atoms with van der Waals surface area (Å²) in [4.78, 5) is 31.9. The van der Waals surface area contributed by atoms with Gasteiger partial charge in [0.2, 0.25) is 5.91 Å². The number of benzene rings is 2. The minimum atomic E-state index is -0.338. The molecule has 2 atom stereocenters. The Hall–Kier alpha value is -1.90. The maximum atomic E-state index is 13.0. The molecular weight excluding hydrogens is 419 g/mol. The van der Waals surface area contributed by atoms with E-state index in [-0.39, 0.29) is 29.5 Å². The molecule has 144 valence electrons. The molecule has 2 N–H and O–H groups in total. The molecule has 28 heavy (non-hydrogen) atoms. The number of halogens is 2. The normalized spacial score (nSPS) is 21.4. The minimum absolute atomic E-state index is 0.0480. The van der Waals surface area contributed by atoms with E-state index >= 15 is 0 Å². The molecule has 0 radical (unpaired) electrons. The number of fused-ring (bicyclic) bond motifs is 1. The monoisotopic (exact) mass is 434 g/mol. The van der Waals surface area contributed by atoms with E-state index in [2.05, 4.69) is 15.8 Å². The van der Waals surface area contributed by atoms with Crippen LogP contribution in [0, 0.1) is 5.92 Å². The van der Waals surface area contributed by atoms with Gasteiger partial charge >= 0.3 is 0 Å². The van der Waals surface area contributed by atoms with Gasteiger partial charge in [-0.15, -0.1) is 0 Å². The molecule has 0 aliphatic carbocycles. The summed E-state index contributed by atoms with van der Waals surface area (Å²) in [5.41, 5.74) is 7.19. The molecule has 2 aliphatic rings. The van der Waals surface area contributed by atoms with Crippen LogP contribution in [0.2, 0.25) is 10.0 Å². The lowest BCUT2D eigenvalue weighted by atomic mass is 10.0. The lowest BCUT2D eigenvalue weighted by Crippen LogP contribution is -2.49. The van der Waals surface area contributed by atoms with E-state index in [1.807, 2.05) is 30.3 Å². The average Bonchev–Trinajstić information content (AvgIpc) is 3.18. The Balaban J connectivity index is 1.57. The Morgan fingerprint density at radius 3 is 2.71 bits per heavy atom. The number of Topliss-reactive ketones (excluding diaryl/α,β-unsaturated/α-hetero) is 1. The van der Waals surface area contributed by atoms with Gasteiger partial charge in [0.1, 0.15) is 6.17 Å². The highest BCUT2D eigenvalue weighted by atomic mass is 35.5. The van der Waals surface area contributed by atoms with Gasteiger partial charge in [0, 0.05) is 12.1 Å². The number of hydrogen-bond donors (Lipinski definition) is 2. The van der Waals surface area contributed by atoms with Gasteiger partial charge in [-0.05, 0) is 30.3 Å². The van der Waals surface area contributed by atoms with Crippen molar-refractivity contribution >= 4 is 57.5 Å². The number of thioether (sulfide) groups is 1. The average molecular weight is 435 g/mol. The Morgan fingerprint density at radius 2 is 1.96 bits per heavy atom. The fraction of sp³-hybridized carbons (Fsp3) is 0.211. The molecule has 6 nitrogen and oxygen atoms in total. The van der Waals surface area contributed by atoms with Crippen LogP contribution in [0.5, 0.6) is 0 Å². The zero-order valence-corrected chi connectivity index (χ0v) is 16.9. The van der Waals surface area contributed by atoms with E-state index in [1.54, 1.807) is 23.1 Å². The summed E-state index contributed by atoms with van der Waals surface area (Å²) in [6.07, 6.45) is -0.338. The van der Waals surface area contributed by atoms with Crippen LogP contribution in [-0.4, -0.2) is 35.3 Å². The summed E-state index contributed by atoms with van der Waals surface area (Å²) in [6, 6.07) is 14.1. The van der Waals surface area contributed by atoms with Gasteiger partial charge in [0.25, 0.3) is 0 Å². The molecule has 0 saturated carbocycles. The molecule has 2 aliphatic heterocycles. The van der Waals surface area contributed by atoms with Crippen molar-refractivity contribution in [2.75, 3.05) is 17.2 Å². The van der Waals surface area contributed by atoms with Gasteiger partial charge in [0.05, 0.1) is 27.4 Å². The van der Waals surface area contributed by atoms with Gasteiger partial charge in [-0.3, -0.25) is 19.9 Å². The van der Waals surface area contributed by atoms with E-state index in [9.17, 15) is 9.59 Å². The number of para-hydroxylation sites is 1. The van der Waals surface area contributed by atoms with Crippen LogP contribution >= 0.6 is 35.0 Å². The van der Waals surface area contributed by atoms with Crippen molar-refractivity contribution in [1.29, 1.82) is 0 Å². The first-order chi connectivity index (χ1) is 13.5. The van der Waals surface area contributed by atoms with E-state index in [0.717, 1.165) is 5.69 Å². The highest BCUT2D eigenvalue weighted by molar-refractivity contribution is 8.14. The number of amidine groups is 1. The Morgan fingerprint density at radius 1 is 1.18 bits per heavy atom. The third-order valence-corrected chi connectivity index (χ3v) is 6.21. The lowest BCUT2D eigenvalue weighted by Gasteiger charge is -2.32. The smallest absolute Gasteiger partial charge is 0.241 e. The van der Waals surface area contributed by atoms with Gasteiger partial charge in [-0.1, -0.05) is 53.2 Å². The van der Waals surface area contributed by atoms with E-state index in [4.69, 9.17) is 23.2 Å². The van der Waals surface area contributed by atoms with Crippen molar-refractivity contribution in [1.82, 2.24) is 10.9 Å². The molecular formula is C19H16Cl2N4O2S. The van der Waals surface area contributed by atoms with Crippen LogP contribution in [0.3, 0.4) is 0 Å². The quantitative estimate of drug-likeness (QED) is 0.721. The van der Waals surface area contributed by atoms with Gasteiger partial charge in [0.15, 0.2) is 11.0 Å². The number of ketones is 1. The molecule has 1 amide bonds. The van der Waals surface area contributed by atoms with Crippen molar-refractivity contribution in [2.24, 2.45) is 10.9 Å². The molecule has 0 spiro atoms. The van der Waals surface area contributed by atoms with Crippen LogP contribution in [0.1, 0.15) is 10.4 Å². The summed E-state index contributed by atoms with van der Waals surface area (Å²) < 4.78 is 0. The molecule has 2 unspecified atom stereocenters. The number of carbonyl (C=O) groups is 2. The van der Waals surface area contributed by atoms with E-state index in [1.165, 1.54) is 11.8 Å². The van der Waals surface area contributed by atoms with Crippen molar-refractivity contribution in [3.63, 3.8) is 0 Å². The highest BCUT2D eigenvalue weighted by Gasteiger charge is 2.42. The number of amides is 1. The number of carbonyl (C=O) groups excluding carboxylic acids is 2. The zero-order chi connectivity index (χ0) is 19.7. The molecule has 1 saturated heterocycles. The maximum absolute atomic E-state index is 13.0. The molecule has 2 aromatic carbocycles. The number of nitrogens with one attached hydrogen (secondary N) is 2. The summed E-state index contributed by atoms with van der Waals surface area (Å²) in [7, 11) is 0. The van der Waals surface area contributed by atoms with Crippen molar-refractivity contribution < 1.29 is 9.59 Å². The number of hydrazine groups is 1. The summed E-state index contributed by atoms with van der Waals surface area (Å²) in [5, 5.41) is 1.22. The van der Waals surface area contributed by atoms with Crippen molar-refractivity contribution in [2.45, 2.75) is 6.17 Å². The van der Waals surface area contributed by atoms with Crippen LogP contribution in [0.15, 0.2) is 53.5 Å². The van der Waals surface area contributed by atoms with Gasteiger partial charge in [-0.2, -0.15) is 0 Å². The molecule has 1 fully saturated rings. The number of nitrogens with zero attached hydrogens (tertiary/aromatic N) is 2. The number of hydrogen-bond acceptors (Lipinski definition) is 6. The first kappa shape index (κ1) is 19.4. The molecule has 4 rings (SSSR count). The highest BCUT2D eigenvalue weighted by Crippen LogP contribution is 2.30. The van der Waals surface area contributed by atoms with Crippen LogP contribution < -0.4 is 15.8 Å². The third-order valence-electron chi connectivity index (χ3n) is 4.52. The van der Waals surface area contributed by atoms with Crippen LogP contribution in [0.4, 0.5) is 5.69 Å². The number of rotatable bonds is 4. The Labute approximate surface area is 176 Å². The topological polar surface area (TPSA) is 73.8 Å². The van der Waals surface area contributed by atoms with E-state index in [0.29, 0.717) is 27.3 Å². The predicted octanol–water partition coefficient (Wildman–Crippen LogP) is 3.36. The lowest BCUT2D eigenvalue weighted by molar-refractivity contribution is -0.121. The van der Waals surface area contributed by atoms with Crippen molar-refractivity contribution in [3.8, 4) is 0 Å². The van der Waals surface area contributed by atoms with Crippen LogP contribution in [0.25, 0.3) is 0 Å². The summed E-state index contributed by atoms with van der Waals surface area (Å²) in [6.45, 7) is 0.510. The standard InChI is InChI=1S/C19H16Cl2N4O2S/c20-14-7-6-11(8-15(14)21)16(26)10-28-19-23-17-13(9-22-24-17)18(27)25(19)12-4-2-1-3-5-12/h1-8,13,17,22,24H,9-10H2. The van der Waals surface area contributed by atoms with Gasteiger partial charge in [-0.25, -0.2) is 10.4 Å².